The van der Waals surface area contributed by atoms with E-state index in [0.29, 0.717) is 11.7 Å². The molecular formula is C17H16ClN3O2. The highest BCUT2D eigenvalue weighted by Gasteiger charge is 2.15. The van der Waals surface area contributed by atoms with E-state index in [2.05, 4.69) is 27.6 Å². The Kier molecular flexibility index (Phi) is 4.07. The summed E-state index contributed by atoms with van der Waals surface area (Å²) in [6, 6.07) is 11.5. The number of aromatic nitrogens is 2. The van der Waals surface area contributed by atoms with Crippen LogP contribution in [0.4, 0.5) is 0 Å². The lowest BCUT2D eigenvalue weighted by Gasteiger charge is -2.00. The number of hydrogen-bond acceptors (Lipinski definition) is 5. The number of aryl methyl sites for hydroxylation is 1. The van der Waals surface area contributed by atoms with Crippen molar-refractivity contribution in [3.63, 3.8) is 0 Å². The van der Waals surface area contributed by atoms with Crippen molar-refractivity contribution in [3.05, 3.63) is 53.1 Å². The third-order valence-electron chi connectivity index (χ3n) is 3.97. The molecule has 0 saturated heterocycles. The van der Waals surface area contributed by atoms with Crippen LogP contribution in [0, 0.1) is 6.92 Å². The van der Waals surface area contributed by atoms with Gasteiger partial charge in [-0.25, -0.2) is 0 Å². The molecular weight excluding hydrogens is 314 g/mol. The van der Waals surface area contributed by atoms with Gasteiger partial charge >= 0.3 is 0 Å². The number of nitrogens with one attached hydrogen (secondary N) is 1. The first-order valence-corrected chi connectivity index (χ1v) is 7.17. The van der Waals surface area contributed by atoms with Gasteiger partial charge in [0.25, 0.3) is 5.89 Å². The molecule has 0 aliphatic carbocycles. The fourth-order valence-electron chi connectivity index (χ4n) is 2.68. The second-order valence-corrected chi connectivity index (χ2v) is 5.51. The second kappa shape index (κ2) is 6.02. The molecule has 118 valence electrons. The fraction of sp³-hybridized carbons (Fsp3) is 0.176. The largest absolute Gasteiger partial charge is 0.508 e. The normalized spacial score (nSPS) is 12.7. The van der Waals surface area contributed by atoms with Crippen molar-refractivity contribution in [1.82, 2.24) is 15.5 Å². The van der Waals surface area contributed by atoms with E-state index in [4.69, 9.17) is 4.52 Å². The summed E-state index contributed by atoms with van der Waals surface area (Å²) in [7, 11) is 0. The molecule has 0 atom stereocenters. The van der Waals surface area contributed by atoms with Crippen molar-refractivity contribution < 1.29 is 9.63 Å². The number of benzene rings is 2. The van der Waals surface area contributed by atoms with E-state index in [9.17, 15) is 5.11 Å². The Bertz CT molecular complexity index is 861. The Morgan fingerprint density at radius 2 is 1.83 bits per heavy atom. The molecule has 3 aromatic rings. The number of rotatable bonds is 2. The number of phenols is 1. The SMILES string of the molecule is Cc1cc(-c2noc(-c3ccc4c(c3)CNC4)n2)ccc1O.Cl. The quantitative estimate of drug-likeness (QED) is 0.753. The van der Waals surface area contributed by atoms with Gasteiger partial charge in [0, 0.05) is 24.2 Å². The van der Waals surface area contributed by atoms with E-state index >= 15 is 0 Å². The van der Waals surface area contributed by atoms with E-state index in [1.807, 2.05) is 19.1 Å². The maximum atomic E-state index is 9.59. The minimum Gasteiger partial charge on any atom is -0.508 e. The molecule has 0 fully saturated rings. The highest BCUT2D eigenvalue weighted by Crippen LogP contribution is 2.27. The predicted octanol–water partition coefficient (Wildman–Crippen LogP) is 3.44. The number of hydrogen-bond donors (Lipinski definition) is 2. The van der Waals surface area contributed by atoms with Crippen molar-refractivity contribution >= 4 is 12.4 Å². The zero-order chi connectivity index (χ0) is 15.1. The standard InChI is InChI=1S/C17H15N3O2.ClH/c1-10-6-11(4-5-15(10)21)16-19-17(22-20-16)12-2-3-13-8-18-9-14(13)7-12;/h2-7,18,21H,8-9H2,1H3;1H. The van der Waals surface area contributed by atoms with Crippen LogP contribution in [0.2, 0.25) is 0 Å². The Balaban J connectivity index is 0.00000156. The Morgan fingerprint density at radius 1 is 1.04 bits per heavy atom. The molecule has 1 aliphatic rings. The Morgan fingerprint density at radius 3 is 2.65 bits per heavy atom. The summed E-state index contributed by atoms with van der Waals surface area (Å²) in [5.41, 5.74) is 5.13. The van der Waals surface area contributed by atoms with E-state index < -0.39 is 0 Å². The fourth-order valence-corrected chi connectivity index (χ4v) is 2.68. The Labute approximate surface area is 139 Å². The van der Waals surface area contributed by atoms with Crippen molar-refractivity contribution in [2.75, 3.05) is 0 Å². The lowest BCUT2D eigenvalue weighted by Crippen LogP contribution is -1.99. The van der Waals surface area contributed by atoms with Crippen LogP contribution in [0.3, 0.4) is 0 Å². The van der Waals surface area contributed by atoms with Crippen LogP contribution in [0.15, 0.2) is 40.9 Å². The summed E-state index contributed by atoms with van der Waals surface area (Å²) >= 11 is 0. The maximum absolute atomic E-state index is 9.59. The third-order valence-corrected chi connectivity index (χ3v) is 3.97. The van der Waals surface area contributed by atoms with Gasteiger partial charge < -0.3 is 14.9 Å². The zero-order valence-corrected chi connectivity index (χ0v) is 13.4. The molecule has 2 heterocycles. The van der Waals surface area contributed by atoms with Crippen molar-refractivity contribution in [3.8, 4) is 28.6 Å². The van der Waals surface area contributed by atoms with Gasteiger partial charge in [0.2, 0.25) is 5.82 Å². The third kappa shape index (κ3) is 2.81. The van der Waals surface area contributed by atoms with E-state index in [1.165, 1.54) is 11.1 Å². The summed E-state index contributed by atoms with van der Waals surface area (Å²) in [5.74, 6) is 1.30. The van der Waals surface area contributed by atoms with Gasteiger partial charge in [0.1, 0.15) is 5.75 Å². The molecule has 0 saturated carbocycles. The van der Waals surface area contributed by atoms with Crippen LogP contribution in [0.25, 0.3) is 22.8 Å². The monoisotopic (exact) mass is 329 g/mol. The summed E-state index contributed by atoms with van der Waals surface area (Å²) in [6.45, 7) is 3.63. The predicted molar refractivity (Wildman–Crippen MR) is 89.4 cm³/mol. The average Bonchev–Trinajstić information content (AvgIpc) is 3.17. The number of nitrogens with zero attached hydrogens (tertiary/aromatic N) is 2. The van der Waals surface area contributed by atoms with Crippen molar-refractivity contribution in [2.24, 2.45) is 0 Å². The smallest absolute Gasteiger partial charge is 0.258 e. The summed E-state index contributed by atoms with van der Waals surface area (Å²) in [4.78, 5) is 4.47. The first-order chi connectivity index (χ1) is 10.7. The first kappa shape index (κ1) is 15.5. The highest BCUT2D eigenvalue weighted by atomic mass is 35.5. The molecule has 6 heteroatoms. The van der Waals surface area contributed by atoms with Crippen LogP contribution in [0.5, 0.6) is 5.75 Å². The number of fused-ring (bicyclic) bond motifs is 1. The Hall–Kier alpha value is -2.37. The molecule has 1 aliphatic heterocycles. The molecule has 0 unspecified atom stereocenters. The summed E-state index contributed by atoms with van der Waals surface area (Å²) in [6.07, 6.45) is 0. The van der Waals surface area contributed by atoms with Crippen LogP contribution in [-0.4, -0.2) is 15.2 Å². The van der Waals surface area contributed by atoms with Gasteiger partial charge in [0.15, 0.2) is 0 Å². The molecule has 2 aromatic carbocycles. The second-order valence-electron chi connectivity index (χ2n) is 5.51. The molecule has 0 radical (unpaired) electrons. The minimum atomic E-state index is 0. The molecule has 1 aromatic heterocycles. The summed E-state index contributed by atoms with van der Waals surface area (Å²) < 4.78 is 5.39. The summed E-state index contributed by atoms with van der Waals surface area (Å²) in [5, 5.41) is 17.0. The molecule has 5 nitrogen and oxygen atoms in total. The van der Waals surface area contributed by atoms with Gasteiger partial charge in [-0.05, 0) is 53.9 Å². The van der Waals surface area contributed by atoms with Gasteiger partial charge in [0.05, 0.1) is 0 Å². The van der Waals surface area contributed by atoms with Crippen LogP contribution < -0.4 is 5.32 Å². The van der Waals surface area contributed by atoms with E-state index in [-0.39, 0.29) is 18.2 Å². The minimum absolute atomic E-state index is 0. The van der Waals surface area contributed by atoms with Gasteiger partial charge in [-0.2, -0.15) is 4.98 Å². The van der Waals surface area contributed by atoms with Crippen LogP contribution in [-0.2, 0) is 13.1 Å². The highest BCUT2D eigenvalue weighted by molar-refractivity contribution is 5.85. The maximum Gasteiger partial charge on any atom is 0.258 e. The van der Waals surface area contributed by atoms with Gasteiger partial charge in [-0.1, -0.05) is 11.2 Å². The molecule has 23 heavy (non-hydrogen) atoms. The zero-order valence-electron chi connectivity index (χ0n) is 12.5. The van der Waals surface area contributed by atoms with Crippen LogP contribution in [0.1, 0.15) is 16.7 Å². The first-order valence-electron chi connectivity index (χ1n) is 7.17. The average molecular weight is 330 g/mol. The lowest BCUT2D eigenvalue weighted by molar-refractivity contribution is 0.432. The topological polar surface area (TPSA) is 71.2 Å². The number of aromatic hydroxyl groups is 1. The van der Waals surface area contributed by atoms with Crippen molar-refractivity contribution in [1.29, 1.82) is 0 Å². The lowest BCUT2D eigenvalue weighted by atomic mass is 10.1. The van der Waals surface area contributed by atoms with E-state index in [0.717, 1.165) is 29.8 Å². The van der Waals surface area contributed by atoms with Crippen LogP contribution >= 0.6 is 12.4 Å². The molecule has 0 amide bonds. The number of halogens is 1. The van der Waals surface area contributed by atoms with E-state index in [1.54, 1.807) is 12.1 Å². The molecule has 0 spiro atoms. The molecule has 0 bridgehead atoms. The van der Waals surface area contributed by atoms with Gasteiger partial charge in [-0.3, -0.25) is 0 Å². The van der Waals surface area contributed by atoms with Gasteiger partial charge in [-0.15, -0.1) is 12.4 Å². The van der Waals surface area contributed by atoms with Crippen molar-refractivity contribution in [2.45, 2.75) is 20.0 Å². The molecule has 4 rings (SSSR count). The number of phenolic OH excluding ortho intramolecular Hbond substituents is 1. The molecule has 2 N–H and O–H groups in total.